The summed E-state index contributed by atoms with van der Waals surface area (Å²) in [5.74, 6) is -0.373. The molecule has 1 aliphatic carbocycles. The van der Waals surface area contributed by atoms with Crippen LogP contribution >= 0.6 is 11.6 Å². The molecule has 1 saturated carbocycles. The number of carbonyl (C=O) groups excluding carboxylic acids is 1. The average Bonchev–Trinajstić information content (AvgIpc) is 2.79. The Balaban J connectivity index is 2.39. The standard InChI is InChI=1S/C17H20ClNO2/c1-17(2)8-4-5-14(17)16(20)13(10-19)12-9-11(18)6-7-15(12)21-3/h6-7,9,13-14H,4-5,8H2,1-3H3. The predicted octanol–water partition coefficient (Wildman–Crippen LogP) is 4.35. The van der Waals surface area contributed by atoms with Crippen molar-refractivity contribution in [1.29, 1.82) is 5.26 Å². The van der Waals surface area contributed by atoms with Gasteiger partial charge >= 0.3 is 0 Å². The summed E-state index contributed by atoms with van der Waals surface area (Å²) in [6.45, 7) is 4.21. The number of halogens is 1. The van der Waals surface area contributed by atoms with Gasteiger partial charge in [-0.15, -0.1) is 0 Å². The Morgan fingerprint density at radius 1 is 1.52 bits per heavy atom. The largest absolute Gasteiger partial charge is 0.496 e. The number of nitriles is 1. The lowest BCUT2D eigenvalue weighted by molar-refractivity contribution is -0.125. The molecule has 4 heteroatoms. The number of carbonyl (C=O) groups is 1. The third-order valence-corrected chi connectivity index (χ3v) is 4.75. The van der Waals surface area contributed by atoms with Crippen molar-refractivity contribution in [3.05, 3.63) is 28.8 Å². The van der Waals surface area contributed by atoms with Crippen LogP contribution in [-0.2, 0) is 4.79 Å². The number of ether oxygens (including phenoxy) is 1. The molecule has 3 nitrogen and oxygen atoms in total. The number of hydrogen-bond donors (Lipinski definition) is 0. The van der Waals surface area contributed by atoms with E-state index in [1.165, 1.54) is 7.11 Å². The number of rotatable bonds is 4. The highest BCUT2D eigenvalue weighted by Crippen LogP contribution is 2.46. The van der Waals surface area contributed by atoms with E-state index in [0.29, 0.717) is 16.3 Å². The fourth-order valence-corrected chi connectivity index (χ4v) is 3.45. The van der Waals surface area contributed by atoms with E-state index in [0.717, 1.165) is 19.3 Å². The van der Waals surface area contributed by atoms with E-state index in [-0.39, 0.29) is 17.1 Å². The number of benzene rings is 1. The Morgan fingerprint density at radius 3 is 2.76 bits per heavy atom. The van der Waals surface area contributed by atoms with Crippen LogP contribution in [0.1, 0.15) is 44.6 Å². The Hall–Kier alpha value is -1.53. The first kappa shape index (κ1) is 15.9. The first-order chi connectivity index (χ1) is 9.90. The van der Waals surface area contributed by atoms with Gasteiger partial charge in [0.05, 0.1) is 13.2 Å². The van der Waals surface area contributed by atoms with Gasteiger partial charge in [0.15, 0.2) is 5.78 Å². The highest BCUT2D eigenvalue weighted by molar-refractivity contribution is 6.30. The fourth-order valence-electron chi connectivity index (χ4n) is 3.27. The molecule has 0 aliphatic heterocycles. The Morgan fingerprint density at radius 2 is 2.24 bits per heavy atom. The molecule has 1 fully saturated rings. The molecule has 0 heterocycles. The first-order valence-electron chi connectivity index (χ1n) is 7.17. The summed E-state index contributed by atoms with van der Waals surface area (Å²) in [7, 11) is 1.53. The van der Waals surface area contributed by atoms with Crippen LogP contribution in [0.15, 0.2) is 18.2 Å². The normalized spacial score (nSPS) is 21.6. The molecule has 1 aliphatic rings. The van der Waals surface area contributed by atoms with Gasteiger partial charge in [-0.2, -0.15) is 5.26 Å². The van der Waals surface area contributed by atoms with Crippen LogP contribution in [0, 0.1) is 22.7 Å². The number of Topliss-reactive ketones (excluding diaryl/α,β-unsaturated/α-hetero) is 1. The molecular weight excluding hydrogens is 286 g/mol. The second-order valence-corrected chi connectivity index (χ2v) is 6.72. The summed E-state index contributed by atoms with van der Waals surface area (Å²) >= 11 is 6.02. The van der Waals surface area contributed by atoms with Gasteiger partial charge in [0.2, 0.25) is 0 Å². The van der Waals surface area contributed by atoms with Gasteiger partial charge in [0.1, 0.15) is 11.7 Å². The zero-order valence-electron chi connectivity index (χ0n) is 12.6. The number of methoxy groups -OCH3 is 1. The molecule has 2 rings (SSSR count). The van der Waals surface area contributed by atoms with Crippen molar-refractivity contribution in [1.82, 2.24) is 0 Å². The maximum Gasteiger partial charge on any atom is 0.158 e. The summed E-state index contributed by atoms with van der Waals surface area (Å²) < 4.78 is 5.29. The molecule has 21 heavy (non-hydrogen) atoms. The number of nitrogens with zero attached hydrogens (tertiary/aromatic N) is 1. The second-order valence-electron chi connectivity index (χ2n) is 6.28. The van der Waals surface area contributed by atoms with Crippen molar-refractivity contribution in [2.45, 2.75) is 39.0 Å². The molecule has 1 aromatic carbocycles. The van der Waals surface area contributed by atoms with E-state index in [1.807, 2.05) is 0 Å². The zero-order valence-corrected chi connectivity index (χ0v) is 13.4. The van der Waals surface area contributed by atoms with Gasteiger partial charge in [-0.1, -0.05) is 31.9 Å². The summed E-state index contributed by atoms with van der Waals surface area (Å²) in [5, 5.41) is 10.0. The minimum Gasteiger partial charge on any atom is -0.496 e. The molecule has 0 bridgehead atoms. The molecule has 0 N–H and O–H groups in total. The van der Waals surface area contributed by atoms with E-state index in [4.69, 9.17) is 16.3 Å². The molecular formula is C17H20ClNO2. The summed E-state index contributed by atoms with van der Waals surface area (Å²) in [6, 6.07) is 7.21. The summed E-state index contributed by atoms with van der Waals surface area (Å²) in [6.07, 6.45) is 2.91. The predicted molar refractivity (Wildman–Crippen MR) is 82.5 cm³/mol. The second kappa shape index (κ2) is 6.07. The maximum absolute atomic E-state index is 12.9. The molecule has 1 aromatic rings. The lowest BCUT2D eigenvalue weighted by Gasteiger charge is -2.27. The highest BCUT2D eigenvalue weighted by atomic mass is 35.5. The molecule has 112 valence electrons. The molecule has 0 saturated heterocycles. The first-order valence-corrected chi connectivity index (χ1v) is 7.55. The molecule has 2 atom stereocenters. The Kier molecular flexibility index (Phi) is 4.58. The van der Waals surface area contributed by atoms with Crippen molar-refractivity contribution >= 4 is 17.4 Å². The van der Waals surface area contributed by atoms with E-state index in [9.17, 15) is 10.1 Å². The topological polar surface area (TPSA) is 50.1 Å². The Bertz CT molecular complexity index is 589. The van der Waals surface area contributed by atoms with Crippen molar-refractivity contribution in [2.24, 2.45) is 11.3 Å². The third-order valence-electron chi connectivity index (χ3n) is 4.52. The van der Waals surface area contributed by atoms with Gasteiger partial charge in [0, 0.05) is 16.5 Å². The van der Waals surface area contributed by atoms with E-state index >= 15 is 0 Å². The maximum atomic E-state index is 12.9. The lowest BCUT2D eigenvalue weighted by Crippen LogP contribution is -2.29. The monoisotopic (exact) mass is 305 g/mol. The van der Waals surface area contributed by atoms with Crippen LogP contribution in [-0.4, -0.2) is 12.9 Å². The number of hydrogen-bond acceptors (Lipinski definition) is 3. The highest BCUT2D eigenvalue weighted by Gasteiger charge is 2.42. The van der Waals surface area contributed by atoms with Gasteiger partial charge in [-0.05, 0) is 36.5 Å². The van der Waals surface area contributed by atoms with Crippen molar-refractivity contribution in [3.8, 4) is 11.8 Å². The summed E-state index contributed by atoms with van der Waals surface area (Å²) in [4.78, 5) is 12.9. The van der Waals surface area contributed by atoms with Crippen LogP contribution < -0.4 is 4.74 Å². The minimum absolute atomic E-state index is 0.0134. The van der Waals surface area contributed by atoms with E-state index in [1.54, 1.807) is 18.2 Å². The van der Waals surface area contributed by atoms with Crippen LogP contribution in [0.25, 0.3) is 0 Å². The lowest BCUT2D eigenvalue weighted by atomic mass is 9.75. The van der Waals surface area contributed by atoms with E-state index in [2.05, 4.69) is 19.9 Å². The quantitative estimate of drug-likeness (QED) is 0.831. The van der Waals surface area contributed by atoms with Gasteiger partial charge in [-0.3, -0.25) is 4.79 Å². The van der Waals surface area contributed by atoms with Crippen LogP contribution in [0.3, 0.4) is 0 Å². The van der Waals surface area contributed by atoms with Crippen molar-refractivity contribution < 1.29 is 9.53 Å². The van der Waals surface area contributed by atoms with Crippen LogP contribution in [0.4, 0.5) is 0 Å². The van der Waals surface area contributed by atoms with Crippen molar-refractivity contribution in [3.63, 3.8) is 0 Å². The number of ketones is 1. The van der Waals surface area contributed by atoms with Crippen LogP contribution in [0.5, 0.6) is 5.75 Å². The SMILES string of the molecule is COc1ccc(Cl)cc1C(C#N)C(=O)C1CCCC1(C)C. The molecule has 0 amide bonds. The molecule has 0 aromatic heterocycles. The summed E-state index contributed by atoms with van der Waals surface area (Å²) in [5.41, 5.74) is 0.526. The smallest absolute Gasteiger partial charge is 0.158 e. The third kappa shape index (κ3) is 3.06. The van der Waals surface area contributed by atoms with E-state index < -0.39 is 5.92 Å². The fraction of sp³-hybridized carbons (Fsp3) is 0.529. The minimum atomic E-state index is -0.818. The van der Waals surface area contributed by atoms with Gasteiger partial charge in [-0.25, -0.2) is 0 Å². The van der Waals surface area contributed by atoms with Gasteiger partial charge in [0.25, 0.3) is 0 Å². The zero-order chi connectivity index (χ0) is 15.6. The molecule has 2 unspecified atom stereocenters. The Labute approximate surface area is 130 Å². The van der Waals surface area contributed by atoms with Crippen LogP contribution in [0.2, 0.25) is 5.02 Å². The van der Waals surface area contributed by atoms with Gasteiger partial charge < -0.3 is 4.74 Å². The molecule has 0 spiro atoms. The molecule has 0 radical (unpaired) electrons. The van der Waals surface area contributed by atoms with Crippen molar-refractivity contribution in [2.75, 3.05) is 7.11 Å². The average molecular weight is 306 g/mol.